The molecule has 1 aromatic carbocycles. The van der Waals surface area contributed by atoms with Crippen LogP contribution in [0.2, 0.25) is 0 Å². The lowest BCUT2D eigenvalue weighted by Gasteiger charge is -2.32. The van der Waals surface area contributed by atoms with E-state index in [-0.39, 0.29) is 6.03 Å². The molecular weight excluding hydrogens is 340 g/mol. The Morgan fingerprint density at radius 1 is 1.19 bits per heavy atom. The number of aryl methyl sites for hydroxylation is 2. The number of urea groups is 1. The second-order valence-electron chi connectivity index (χ2n) is 7.12. The van der Waals surface area contributed by atoms with E-state index in [1.807, 2.05) is 43.1 Å². The number of carbonyl (C=O) groups is 1. The van der Waals surface area contributed by atoms with Crippen LogP contribution >= 0.6 is 0 Å². The van der Waals surface area contributed by atoms with Crippen LogP contribution in [0, 0.1) is 13.8 Å². The summed E-state index contributed by atoms with van der Waals surface area (Å²) in [5.41, 5.74) is 3.93. The molecule has 0 unspecified atom stereocenters. The molecule has 0 bridgehead atoms. The van der Waals surface area contributed by atoms with E-state index in [2.05, 4.69) is 31.7 Å². The molecule has 2 amide bonds. The van der Waals surface area contributed by atoms with Crippen LogP contribution in [0.4, 0.5) is 16.3 Å². The molecule has 27 heavy (non-hydrogen) atoms. The Labute approximate surface area is 158 Å². The van der Waals surface area contributed by atoms with Crippen LogP contribution in [0.25, 0.3) is 11.0 Å². The van der Waals surface area contributed by atoms with Crippen LogP contribution in [-0.2, 0) is 0 Å². The van der Waals surface area contributed by atoms with Gasteiger partial charge in [-0.1, -0.05) is 12.1 Å². The Kier molecular flexibility index (Phi) is 4.66. The summed E-state index contributed by atoms with van der Waals surface area (Å²) in [6.07, 6.45) is 5.20. The fourth-order valence-corrected chi connectivity index (χ4v) is 3.47. The molecule has 0 spiro atoms. The van der Waals surface area contributed by atoms with Gasteiger partial charge in [-0.15, -0.1) is 0 Å². The van der Waals surface area contributed by atoms with Gasteiger partial charge in [0.25, 0.3) is 0 Å². The minimum Gasteiger partial charge on any atom is -0.367 e. The molecule has 7 heteroatoms. The summed E-state index contributed by atoms with van der Waals surface area (Å²) in [5.74, 6) is 0.847. The maximum Gasteiger partial charge on any atom is 0.321 e. The van der Waals surface area contributed by atoms with E-state index in [0.717, 1.165) is 59.6 Å². The number of carbonyl (C=O) groups excluding carboxylic acids is 1. The highest BCUT2D eigenvalue weighted by Gasteiger charge is 2.23. The Morgan fingerprint density at radius 2 is 2.00 bits per heavy atom. The van der Waals surface area contributed by atoms with Gasteiger partial charge in [0, 0.05) is 31.0 Å². The van der Waals surface area contributed by atoms with Crippen molar-refractivity contribution in [3.8, 4) is 0 Å². The van der Waals surface area contributed by atoms with Gasteiger partial charge in [0.05, 0.1) is 5.39 Å². The lowest BCUT2D eigenvalue weighted by Crippen LogP contribution is -2.44. The van der Waals surface area contributed by atoms with Crippen LogP contribution in [0.5, 0.6) is 0 Å². The van der Waals surface area contributed by atoms with Gasteiger partial charge in [-0.25, -0.2) is 14.8 Å². The second kappa shape index (κ2) is 7.26. The zero-order chi connectivity index (χ0) is 18.8. The highest BCUT2D eigenvalue weighted by atomic mass is 16.2. The summed E-state index contributed by atoms with van der Waals surface area (Å²) in [7, 11) is 0. The van der Waals surface area contributed by atoms with Crippen molar-refractivity contribution in [1.82, 2.24) is 19.9 Å². The minimum absolute atomic E-state index is 0.0304. The first kappa shape index (κ1) is 17.3. The number of benzene rings is 1. The third kappa shape index (κ3) is 3.72. The SMILES string of the molecule is Cc1ccc(C)c(NC(=O)N2CCC(Nc3ncnc4[nH]ccc34)CC2)c1. The predicted octanol–water partition coefficient (Wildman–Crippen LogP) is 3.68. The molecule has 0 aliphatic carbocycles. The van der Waals surface area contributed by atoms with E-state index in [9.17, 15) is 4.79 Å². The Balaban J connectivity index is 1.35. The normalized spacial score (nSPS) is 15.1. The maximum absolute atomic E-state index is 12.6. The second-order valence-corrected chi connectivity index (χ2v) is 7.12. The van der Waals surface area contributed by atoms with Crippen LogP contribution in [0.15, 0.2) is 36.8 Å². The zero-order valence-electron chi connectivity index (χ0n) is 15.6. The van der Waals surface area contributed by atoms with Gasteiger partial charge in [-0.3, -0.25) is 0 Å². The predicted molar refractivity (Wildman–Crippen MR) is 107 cm³/mol. The monoisotopic (exact) mass is 364 g/mol. The van der Waals surface area contributed by atoms with Crippen molar-refractivity contribution in [1.29, 1.82) is 0 Å². The van der Waals surface area contributed by atoms with Gasteiger partial charge >= 0.3 is 6.03 Å². The molecule has 2 aromatic heterocycles. The molecule has 0 saturated carbocycles. The molecule has 4 rings (SSSR count). The van der Waals surface area contributed by atoms with Gasteiger partial charge in [-0.05, 0) is 49.9 Å². The average Bonchev–Trinajstić information content (AvgIpc) is 3.15. The van der Waals surface area contributed by atoms with Crippen LogP contribution in [0.1, 0.15) is 24.0 Å². The summed E-state index contributed by atoms with van der Waals surface area (Å²) < 4.78 is 0. The van der Waals surface area contributed by atoms with E-state index in [1.165, 1.54) is 0 Å². The van der Waals surface area contributed by atoms with Crippen molar-refractivity contribution in [2.75, 3.05) is 23.7 Å². The third-order valence-corrected chi connectivity index (χ3v) is 5.11. The number of likely N-dealkylation sites (tertiary alicyclic amines) is 1. The first-order valence-electron chi connectivity index (χ1n) is 9.28. The average molecular weight is 364 g/mol. The van der Waals surface area contributed by atoms with Crippen molar-refractivity contribution in [3.63, 3.8) is 0 Å². The third-order valence-electron chi connectivity index (χ3n) is 5.11. The fraction of sp³-hybridized carbons (Fsp3) is 0.350. The lowest BCUT2D eigenvalue weighted by molar-refractivity contribution is 0.197. The van der Waals surface area contributed by atoms with E-state index in [4.69, 9.17) is 0 Å². The lowest BCUT2D eigenvalue weighted by atomic mass is 10.1. The number of nitrogens with one attached hydrogen (secondary N) is 3. The molecular formula is C20H24N6O. The fourth-order valence-electron chi connectivity index (χ4n) is 3.47. The molecule has 140 valence electrons. The summed E-state index contributed by atoms with van der Waals surface area (Å²) in [5, 5.41) is 7.55. The number of fused-ring (bicyclic) bond motifs is 1. The van der Waals surface area contributed by atoms with Crippen LogP contribution in [-0.4, -0.2) is 45.0 Å². The zero-order valence-corrected chi connectivity index (χ0v) is 15.6. The summed E-state index contributed by atoms with van der Waals surface area (Å²) in [4.78, 5) is 26.2. The first-order chi connectivity index (χ1) is 13.1. The van der Waals surface area contributed by atoms with Crippen LogP contribution < -0.4 is 10.6 Å². The molecule has 1 aliphatic heterocycles. The summed E-state index contributed by atoms with van der Waals surface area (Å²) >= 11 is 0. The number of hydrogen-bond donors (Lipinski definition) is 3. The number of aromatic nitrogens is 3. The van der Waals surface area contributed by atoms with Crippen molar-refractivity contribution >= 4 is 28.6 Å². The molecule has 1 saturated heterocycles. The Bertz CT molecular complexity index is 958. The van der Waals surface area contributed by atoms with Crippen molar-refractivity contribution in [3.05, 3.63) is 47.9 Å². The largest absolute Gasteiger partial charge is 0.367 e. The Hall–Kier alpha value is -3.09. The number of piperidine rings is 1. The van der Waals surface area contributed by atoms with Crippen molar-refractivity contribution < 1.29 is 4.79 Å². The summed E-state index contributed by atoms with van der Waals surface area (Å²) in [6, 6.07) is 8.34. The number of anilines is 2. The molecule has 0 radical (unpaired) electrons. The highest BCUT2D eigenvalue weighted by molar-refractivity contribution is 5.90. The van der Waals surface area contributed by atoms with Gasteiger partial charge in [-0.2, -0.15) is 0 Å². The topological polar surface area (TPSA) is 85.9 Å². The molecule has 0 atom stereocenters. The number of aromatic amines is 1. The first-order valence-corrected chi connectivity index (χ1v) is 9.28. The number of hydrogen-bond acceptors (Lipinski definition) is 4. The quantitative estimate of drug-likeness (QED) is 0.662. The molecule has 3 heterocycles. The molecule has 1 fully saturated rings. The molecule has 1 aliphatic rings. The van der Waals surface area contributed by atoms with Gasteiger partial charge < -0.3 is 20.5 Å². The number of rotatable bonds is 3. The van der Waals surface area contributed by atoms with Crippen LogP contribution in [0.3, 0.4) is 0 Å². The standard InChI is InChI=1S/C20H24N6O/c1-13-3-4-14(2)17(11-13)25-20(27)26-9-6-15(7-10-26)24-19-16-5-8-21-18(16)22-12-23-19/h3-5,8,11-12,15H,6-7,9-10H2,1-2H3,(H,25,27)(H2,21,22,23,24). The Morgan fingerprint density at radius 3 is 2.81 bits per heavy atom. The van der Waals surface area contributed by atoms with E-state index in [1.54, 1.807) is 6.33 Å². The van der Waals surface area contributed by atoms with Crippen molar-refractivity contribution in [2.45, 2.75) is 32.7 Å². The summed E-state index contributed by atoms with van der Waals surface area (Å²) in [6.45, 7) is 5.47. The van der Waals surface area contributed by atoms with Crippen molar-refractivity contribution in [2.24, 2.45) is 0 Å². The maximum atomic E-state index is 12.6. The van der Waals surface area contributed by atoms with Gasteiger partial charge in [0.2, 0.25) is 0 Å². The smallest absolute Gasteiger partial charge is 0.321 e. The number of H-pyrrole nitrogens is 1. The van der Waals surface area contributed by atoms with E-state index < -0.39 is 0 Å². The number of amides is 2. The highest BCUT2D eigenvalue weighted by Crippen LogP contribution is 2.22. The molecule has 3 N–H and O–H groups in total. The van der Waals surface area contributed by atoms with Gasteiger partial charge in [0.1, 0.15) is 17.8 Å². The minimum atomic E-state index is -0.0304. The molecule has 7 nitrogen and oxygen atoms in total. The number of nitrogens with zero attached hydrogens (tertiary/aromatic N) is 3. The van der Waals surface area contributed by atoms with Gasteiger partial charge in [0.15, 0.2) is 0 Å². The van der Waals surface area contributed by atoms with E-state index >= 15 is 0 Å². The van der Waals surface area contributed by atoms with E-state index in [0.29, 0.717) is 6.04 Å². The molecule has 3 aromatic rings.